The van der Waals surface area contributed by atoms with E-state index in [1.54, 1.807) is 18.4 Å². The Hall–Kier alpha value is -2.82. The summed E-state index contributed by atoms with van der Waals surface area (Å²) in [5.74, 6) is 0.648. The standard InChI is InChI=1S/C22H24N2O3/c1-15-7-9-17(10-8-15)19-20(23-11-3-5-16(2)13-23)22(26)24(21(19)25)14-18-6-4-12-27-18/h4,6-10,12,16H,3,5,11,13-14H2,1-2H3. The fourth-order valence-corrected chi connectivity index (χ4v) is 3.93. The number of hydrogen-bond acceptors (Lipinski definition) is 4. The lowest BCUT2D eigenvalue weighted by molar-refractivity contribution is -0.138. The maximum atomic E-state index is 13.3. The predicted octanol–water partition coefficient (Wildman–Crippen LogP) is 3.60. The smallest absolute Gasteiger partial charge is 0.278 e. The number of nitrogens with zero attached hydrogens (tertiary/aromatic N) is 2. The highest BCUT2D eigenvalue weighted by atomic mass is 16.3. The van der Waals surface area contributed by atoms with Gasteiger partial charge >= 0.3 is 0 Å². The molecule has 1 unspecified atom stereocenters. The zero-order valence-electron chi connectivity index (χ0n) is 15.8. The summed E-state index contributed by atoms with van der Waals surface area (Å²) in [7, 11) is 0. The Morgan fingerprint density at radius 2 is 1.89 bits per heavy atom. The second-order valence-electron chi connectivity index (χ2n) is 7.56. The summed E-state index contributed by atoms with van der Waals surface area (Å²) in [6.07, 6.45) is 3.75. The number of rotatable bonds is 4. The van der Waals surface area contributed by atoms with Gasteiger partial charge in [0.25, 0.3) is 11.8 Å². The molecule has 0 spiro atoms. The van der Waals surface area contributed by atoms with Crippen molar-refractivity contribution in [3.8, 4) is 0 Å². The summed E-state index contributed by atoms with van der Waals surface area (Å²) in [6, 6.07) is 11.4. The number of imide groups is 1. The number of piperidine rings is 1. The molecular weight excluding hydrogens is 340 g/mol. The average molecular weight is 364 g/mol. The van der Waals surface area contributed by atoms with Gasteiger partial charge in [0.2, 0.25) is 0 Å². The van der Waals surface area contributed by atoms with Gasteiger partial charge in [-0.3, -0.25) is 14.5 Å². The van der Waals surface area contributed by atoms with Crippen molar-refractivity contribution in [1.82, 2.24) is 9.80 Å². The molecule has 1 fully saturated rings. The second-order valence-corrected chi connectivity index (χ2v) is 7.56. The summed E-state index contributed by atoms with van der Waals surface area (Å²) in [5.41, 5.74) is 2.98. The molecule has 0 N–H and O–H groups in total. The number of amides is 2. The average Bonchev–Trinajstić information content (AvgIpc) is 3.25. The van der Waals surface area contributed by atoms with Crippen molar-refractivity contribution in [2.45, 2.75) is 33.2 Å². The van der Waals surface area contributed by atoms with Gasteiger partial charge in [0, 0.05) is 13.1 Å². The summed E-state index contributed by atoms with van der Waals surface area (Å²) in [5, 5.41) is 0. The van der Waals surface area contributed by atoms with Gasteiger partial charge < -0.3 is 9.32 Å². The second kappa shape index (κ2) is 7.06. The summed E-state index contributed by atoms with van der Waals surface area (Å²) >= 11 is 0. The highest BCUT2D eigenvalue weighted by molar-refractivity contribution is 6.35. The van der Waals surface area contributed by atoms with Crippen LogP contribution in [0.25, 0.3) is 5.57 Å². The van der Waals surface area contributed by atoms with Crippen LogP contribution in [0.5, 0.6) is 0 Å². The molecule has 4 rings (SSSR count). The lowest BCUT2D eigenvalue weighted by Gasteiger charge is -2.33. The quantitative estimate of drug-likeness (QED) is 0.778. The van der Waals surface area contributed by atoms with Gasteiger partial charge in [-0.2, -0.15) is 0 Å². The Morgan fingerprint density at radius 3 is 2.56 bits per heavy atom. The van der Waals surface area contributed by atoms with Crippen LogP contribution < -0.4 is 0 Å². The van der Waals surface area contributed by atoms with E-state index in [1.807, 2.05) is 31.2 Å². The van der Waals surface area contributed by atoms with Crippen LogP contribution in [0.15, 0.2) is 52.8 Å². The fourth-order valence-electron chi connectivity index (χ4n) is 3.93. The summed E-state index contributed by atoms with van der Waals surface area (Å²) in [6.45, 7) is 5.98. The van der Waals surface area contributed by atoms with Crippen LogP contribution in [0.2, 0.25) is 0 Å². The zero-order valence-corrected chi connectivity index (χ0v) is 15.8. The normalized spacial score (nSPS) is 20.7. The first-order chi connectivity index (χ1) is 13.0. The number of carbonyl (C=O) groups excluding carboxylic acids is 2. The lowest BCUT2D eigenvalue weighted by atomic mass is 9.97. The van der Waals surface area contributed by atoms with E-state index in [-0.39, 0.29) is 18.4 Å². The highest BCUT2D eigenvalue weighted by Gasteiger charge is 2.42. The molecule has 140 valence electrons. The van der Waals surface area contributed by atoms with Crippen LogP contribution in [0.3, 0.4) is 0 Å². The number of benzene rings is 1. The Morgan fingerprint density at radius 1 is 1.11 bits per heavy atom. The molecule has 0 bridgehead atoms. The zero-order chi connectivity index (χ0) is 19.0. The third-order valence-electron chi connectivity index (χ3n) is 5.35. The number of aryl methyl sites for hydroxylation is 1. The van der Waals surface area contributed by atoms with Gasteiger partial charge in [-0.15, -0.1) is 0 Å². The lowest BCUT2D eigenvalue weighted by Crippen LogP contribution is -2.39. The molecule has 0 aliphatic carbocycles. The minimum atomic E-state index is -0.242. The Kier molecular flexibility index (Phi) is 4.60. The van der Waals surface area contributed by atoms with E-state index in [0.717, 1.165) is 37.1 Å². The van der Waals surface area contributed by atoms with E-state index in [0.29, 0.717) is 22.9 Å². The molecule has 1 saturated heterocycles. The van der Waals surface area contributed by atoms with Crippen molar-refractivity contribution in [3.63, 3.8) is 0 Å². The maximum Gasteiger partial charge on any atom is 0.278 e. The van der Waals surface area contributed by atoms with Gasteiger partial charge in [-0.25, -0.2) is 0 Å². The van der Waals surface area contributed by atoms with Crippen LogP contribution in [-0.4, -0.2) is 34.7 Å². The SMILES string of the molecule is Cc1ccc(C2=C(N3CCCC(C)C3)C(=O)N(Cc3ccco3)C2=O)cc1. The Labute approximate surface area is 159 Å². The van der Waals surface area contributed by atoms with Gasteiger partial charge in [-0.05, 0) is 43.4 Å². The molecule has 3 heterocycles. The van der Waals surface area contributed by atoms with Crippen molar-refractivity contribution < 1.29 is 14.0 Å². The van der Waals surface area contributed by atoms with E-state index in [1.165, 1.54) is 4.90 Å². The first kappa shape index (κ1) is 17.6. The molecule has 5 nitrogen and oxygen atoms in total. The number of likely N-dealkylation sites (tertiary alicyclic amines) is 1. The summed E-state index contributed by atoms with van der Waals surface area (Å²) < 4.78 is 5.37. The molecule has 1 atom stereocenters. The van der Waals surface area contributed by atoms with Crippen molar-refractivity contribution in [1.29, 1.82) is 0 Å². The van der Waals surface area contributed by atoms with Crippen LogP contribution in [0.1, 0.15) is 36.7 Å². The Balaban J connectivity index is 1.75. The van der Waals surface area contributed by atoms with E-state index >= 15 is 0 Å². The molecule has 27 heavy (non-hydrogen) atoms. The van der Waals surface area contributed by atoms with E-state index in [2.05, 4.69) is 11.8 Å². The van der Waals surface area contributed by atoms with Gasteiger partial charge in [0.05, 0.1) is 18.4 Å². The number of furan rings is 1. The largest absolute Gasteiger partial charge is 0.467 e. The van der Waals surface area contributed by atoms with Gasteiger partial charge in [-0.1, -0.05) is 36.8 Å². The number of hydrogen-bond donors (Lipinski definition) is 0. The molecule has 1 aromatic carbocycles. The van der Waals surface area contributed by atoms with Crippen molar-refractivity contribution in [2.24, 2.45) is 5.92 Å². The minimum Gasteiger partial charge on any atom is -0.467 e. The van der Waals surface area contributed by atoms with Crippen LogP contribution in [0, 0.1) is 12.8 Å². The van der Waals surface area contributed by atoms with Crippen LogP contribution in [0.4, 0.5) is 0 Å². The first-order valence-electron chi connectivity index (χ1n) is 9.49. The van der Waals surface area contributed by atoms with E-state index in [4.69, 9.17) is 4.42 Å². The van der Waals surface area contributed by atoms with Crippen molar-refractivity contribution in [3.05, 3.63) is 65.2 Å². The molecule has 0 radical (unpaired) electrons. The molecule has 0 saturated carbocycles. The fraction of sp³-hybridized carbons (Fsp3) is 0.364. The van der Waals surface area contributed by atoms with Crippen LogP contribution >= 0.6 is 0 Å². The molecular formula is C22H24N2O3. The molecule has 1 aromatic heterocycles. The summed E-state index contributed by atoms with van der Waals surface area (Å²) in [4.78, 5) is 29.9. The Bertz CT molecular complexity index is 881. The topological polar surface area (TPSA) is 53.8 Å². The van der Waals surface area contributed by atoms with Crippen LogP contribution in [-0.2, 0) is 16.1 Å². The van der Waals surface area contributed by atoms with Gasteiger partial charge in [0.1, 0.15) is 11.5 Å². The highest BCUT2D eigenvalue weighted by Crippen LogP contribution is 2.34. The third kappa shape index (κ3) is 3.29. The molecule has 5 heteroatoms. The molecule has 2 amide bonds. The van der Waals surface area contributed by atoms with Gasteiger partial charge in [0.15, 0.2) is 0 Å². The minimum absolute atomic E-state index is 0.160. The molecule has 2 aliphatic heterocycles. The predicted molar refractivity (Wildman–Crippen MR) is 102 cm³/mol. The van der Waals surface area contributed by atoms with Crippen molar-refractivity contribution >= 4 is 17.4 Å². The van der Waals surface area contributed by atoms with E-state index < -0.39 is 0 Å². The third-order valence-corrected chi connectivity index (χ3v) is 5.35. The maximum absolute atomic E-state index is 13.3. The number of carbonyl (C=O) groups is 2. The molecule has 2 aliphatic rings. The first-order valence-corrected chi connectivity index (χ1v) is 9.49. The monoisotopic (exact) mass is 364 g/mol. The molecule has 2 aromatic rings. The van der Waals surface area contributed by atoms with Crippen molar-refractivity contribution in [2.75, 3.05) is 13.1 Å². The van der Waals surface area contributed by atoms with E-state index in [9.17, 15) is 9.59 Å².